The molecule has 0 atom stereocenters. The molecule has 2 heterocycles. The number of nitrogens with zero attached hydrogens (tertiary/aromatic N) is 5. The van der Waals surface area contributed by atoms with Gasteiger partial charge in [0.15, 0.2) is 11.5 Å². The van der Waals surface area contributed by atoms with E-state index in [4.69, 9.17) is 10.3 Å². The highest BCUT2D eigenvalue weighted by Gasteiger charge is 2.20. The van der Waals surface area contributed by atoms with Crippen molar-refractivity contribution in [3.05, 3.63) is 58.6 Å². The van der Waals surface area contributed by atoms with Crippen LogP contribution in [0.2, 0.25) is 0 Å². The van der Waals surface area contributed by atoms with Crippen molar-refractivity contribution < 1.29 is 4.52 Å². The van der Waals surface area contributed by atoms with E-state index in [9.17, 15) is 0 Å². The molecule has 2 aromatic heterocycles. The van der Waals surface area contributed by atoms with Crippen LogP contribution in [0, 0.1) is 0 Å². The first kappa shape index (κ1) is 16.5. The number of aromatic nitrogens is 5. The number of benzene rings is 2. The third-order valence-electron chi connectivity index (χ3n) is 4.04. The van der Waals surface area contributed by atoms with Crippen LogP contribution in [0.3, 0.4) is 0 Å². The van der Waals surface area contributed by atoms with Gasteiger partial charge in [0, 0.05) is 10.0 Å². The van der Waals surface area contributed by atoms with E-state index in [2.05, 4.69) is 43.3 Å². The lowest BCUT2D eigenvalue weighted by molar-refractivity contribution is 0.431. The largest absolute Gasteiger partial charge is 0.382 e. The minimum Gasteiger partial charge on any atom is -0.382 e. The molecule has 130 valence electrons. The molecule has 0 fully saturated rings. The summed E-state index contributed by atoms with van der Waals surface area (Å²) in [7, 11) is 0. The second-order valence-electron chi connectivity index (χ2n) is 5.65. The van der Waals surface area contributed by atoms with Gasteiger partial charge in [-0.05, 0) is 42.3 Å². The van der Waals surface area contributed by atoms with Crippen LogP contribution in [0.5, 0.6) is 0 Å². The molecule has 0 aliphatic heterocycles. The maximum Gasteiger partial charge on any atom is 0.282 e. The summed E-state index contributed by atoms with van der Waals surface area (Å²) in [6.45, 7) is 2.08. The Kier molecular flexibility index (Phi) is 4.26. The zero-order chi connectivity index (χ0) is 18.1. The molecule has 0 amide bonds. The van der Waals surface area contributed by atoms with Crippen molar-refractivity contribution >= 4 is 21.7 Å². The van der Waals surface area contributed by atoms with Crippen LogP contribution in [0.15, 0.2) is 57.5 Å². The summed E-state index contributed by atoms with van der Waals surface area (Å²) < 4.78 is 7.93. The molecule has 0 saturated carbocycles. The fourth-order valence-corrected chi connectivity index (χ4v) is 2.94. The number of halogens is 1. The second-order valence-corrected chi connectivity index (χ2v) is 6.56. The lowest BCUT2D eigenvalue weighted by Gasteiger charge is -2.07. The van der Waals surface area contributed by atoms with Crippen LogP contribution in [-0.4, -0.2) is 25.1 Å². The predicted molar refractivity (Wildman–Crippen MR) is 102 cm³/mol. The number of nitrogen functional groups attached to an aromatic ring is 1. The van der Waals surface area contributed by atoms with Gasteiger partial charge < -0.3 is 10.3 Å². The monoisotopic (exact) mass is 410 g/mol. The molecule has 4 rings (SSSR count). The van der Waals surface area contributed by atoms with Crippen molar-refractivity contribution in [1.29, 1.82) is 0 Å². The number of nitrogens with two attached hydrogens (primary N) is 1. The minimum absolute atomic E-state index is 0.237. The number of para-hydroxylation sites is 1. The summed E-state index contributed by atoms with van der Waals surface area (Å²) in [6, 6.07) is 15.5. The first-order chi connectivity index (χ1) is 12.7. The lowest BCUT2D eigenvalue weighted by atomic mass is 10.1. The number of rotatable bonds is 4. The molecule has 0 unspecified atom stereocenters. The Hall–Kier alpha value is -3.00. The van der Waals surface area contributed by atoms with E-state index in [0.29, 0.717) is 17.3 Å². The topological polar surface area (TPSA) is 95.6 Å². The summed E-state index contributed by atoms with van der Waals surface area (Å²) in [5.74, 6) is 1.06. The lowest BCUT2D eigenvalue weighted by Crippen LogP contribution is -2.05. The molecule has 8 heteroatoms. The number of hydrogen-bond acceptors (Lipinski definition) is 6. The molecule has 0 aliphatic rings. The summed E-state index contributed by atoms with van der Waals surface area (Å²) in [4.78, 5) is 4.40. The Morgan fingerprint density at radius 1 is 1.12 bits per heavy atom. The molecule has 7 nitrogen and oxygen atoms in total. The van der Waals surface area contributed by atoms with E-state index >= 15 is 0 Å². The molecular weight excluding hydrogens is 396 g/mol. The third-order valence-corrected chi connectivity index (χ3v) is 4.57. The van der Waals surface area contributed by atoms with Gasteiger partial charge in [-0.3, -0.25) is 0 Å². The van der Waals surface area contributed by atoms with Crippen LogP contribution in [0.1, 0.15) is 12.5 Å². The fraction of sp³-hybridized carbons (Fsp3) is 0.111. The van der Waals surface area contributed by atoms with Gasteiger partial charge in [0.2, 0.25) is 5.82 Å². The van der Waals surface area contributed by atoms with Crippen molar-refractivity contribution in [3.63, 3.8) is 0 Å². The molecule has 2 N–H and O–H groups in total. The predicted octanol–water partition coefficient (Wildman–Crippen LogP) is 3.89. The van der Waals surface area contributed by atoms with Gasteiger partial charge >= 0.3 is 0 Å². The van der Waals surface area contributed by atoms with E-state index in [0.717, 1.165) is 27.7 Å². The van der Waals surface area contributed by atoms with Crippen molar-refractivity contribution in [2.75, 3.05) is 5.73 Å². The third kappa shape index (κ3) is 2.88. The van der Waals surface area contributed by atoms with Crippen molar-refractivity contribution in [3.8, 4) is 28.7 Å². The second kappa shape index (κ2) is 6.72. The highest BCUT2D eigenvalue weighted by atomic mass is 79.9. The smallest absolute Gasteiger partial charge is 0.282 e. The highest BCUT2D eigenvalue weighted by Crippen LogP contribution is 2.27. The van der Waals surface area contributed by atoms with Gasteiger partial charge in [0.1, 0.15) is 0 Å². The van der Waals surface area contributed by atoms with Crippen LogP contribution in [-0.2, 0) is 6.42 Å². The molecule has 0 spiro atoms. The van der Waals surface area contributed by atoms with E-state index in [1.807, 2.05) is 48.5 Å². The van der Waals surface area contributed by atoms with Gasteiger partial charge in [0.25, 0.3) is 5.89 Å². The SMILES string of the molecule is CCc1ccccc1-n1nnc(-c2nc(-c3ccc(Br)cc3)no2)c1N. The normalized spacial score (nSPS) is 11.0. The molecule has 0 radical (unpaired) electrons. The average molecular weight is 411 g/mol. The van der Waals surface area contributed by atoms with E-state index in [-0.39, 0.29) is 5.89 Å². The summed E-state index contributed by atoms with van der Waals surface area (Å²) >= 11 is 3.40. The van der Waals surface area contributed by atoms with Crippen LogP contribution >= 0.6 is 15.9 Å². The van der Waals surface area contributed by atoms with Gasteiger partial charge in [-0.25, -0.2) is 0 Å². The van der Waals surface area contributed by atoms with E-state index in [1.165, 1.54) is 0 Å². The Bertz CT molecular complexity index is 1050. The Labute approximate surface area is 158 Å². The van der Waals surface area contributed by atoms with Gasteiger partial charge in [-0.2, -0.15) is 9.67 Å². The molecule has 0 saturated heterocycles. The van der Waals surface area contributed by atoms with Gasteiger partial charge in [0.05, 0.1) is 5.69 Å². The maximum atomic E-state index is 6.26. The van der Waals surface area contributed by atoms with Crippen molar-refractivity contribution in [2.24, 2.45) is 0 Å². The summed E-state index contributed by atoms with van der Waals surface area (Å²) in [5.41, 5.74) is 9.48. The molecular formula is C18H15BrN6O. The van der Waals surface area contributed by atoms with Crippen molar-refractivity contribution in [2.45, 2.75) is 13.3 Å². The Balaban J connectivity index is 1.72. The van der Waals surface area contributed by atoms with Crippen LogP contribution in [0.25, 0.3) is 28.7 Å². The Morgan fingerprint density at radius 2 is 1.88 bits per heavy atom. The molecule has 4 aromatic rings. The van der Waals surface area contributed by atoms with E-state index in [1.54, 1.807) is 4.68 Å². The highest BCUT2D eigenvalue weighted by molar-refractivity contribution is 9.10. The average Bonchev–Trinajstić information content (AvgIpc) is 3.29. The maximum absolute atomic E-state index is 6.26. The van der Waals surface area contributed by atoms with Gasteiger partial charge in [-0.1, -0.05) is 51.4 Å². The fourth-order valence-electron chi connectivity index (χ4n) is 2.67. The number of hydrogen-bond donors (Lipinski definition) is 1. The zero-order valence-corrected chi connectivity index (χ0v) is 15.5. The first-order valence-corrected chi connectivity index (χ1v) is 8.86. The zero-order valence-electron chi connectivity index (χ0n) is 13.9. The number of anilines is 1. The number of aryl methyl sites for hydroxylation is 1. The molecule has 0 bridgehead atoms. The Morgan fingerprint density at radius 3 is 2.65 bits per heavy atom. The quantitative estimate of drug-likeness (QED) is 0.548. The minimum atomic E-state index is 0.237. The van der Waals surface area contributed by atoms with E-state index < -0.39 is 0 Å². The molecule has 2 aromatic carbocycles. The first-order valence-electron chi connectivity index (χ1n) is 8.07. The molecule has 26 heavy (non-hydrogen) atoms. The van der Waals surface area contributed by atoms with Crippen LogP contribution < -0.4 is 5.73 Å². The summed E-state index contributed by atoms with van der Waals surface area (Å²) in [5, 5.41) is 12.3. The summed E-state index contributed by atoms with van der Waals surface area (Å²) in [6.07, 6.45) is 0.860. The molecule has 0 aliphatic carbocycles. The van der Waals surface area contributed by atoms with Gasteiger partial charge in [-0.15, -0.1) is 5.10 Å². The standard InChI is InChI=1S/C18H15BrN6O/c1-2-11-5-3-4-6-14(11)25-16(20)15(22-24-25)18-21-17(23-26-18)12-7-9-13(19)10-8-12/h3-10H,2,20H2,1H3. The van der Waals surface area contributed by atoms with Crippen molar-refractivity contribution in [1.82, 2.24) is 25.1 Å². The van der Waals surface area contributed by atoms with Crippen LogP contribution in [0.4, 0.5) is 5.82 Å².